The summed E-state index contributed by atoms with van der Waals surface area (Å²) in [7, 11) is 3.70. The molecule has 3 aliphatic heterocycles. The second-order valence-corrected chi connectivity index (χ2v) is 13.1. The van der Waals surface area contributed by atoms with Crippen LogP contribution in [0.15, 0.2) is 35.0 Å². The van der Waals surface area contributed by atoms with Gasteiger partial charge in [0.25, 0.3) is 11.8 Å². The first-order chi connectivity index (χ1) is 20.9. The maximum absolute atomic E-state index is 13.4. The van der Waals surface area contributed by atoms with E-state index in [1.165, 1.54) is 57.0 Å². The normalized spacial score (nSPS) is 20.8. The molecule has 0 saturated carbocycles. The first-order valence-electron chi connectivity index (χ1n) is 16.1. The van der Waals surface area contributed by atoms with Gasteiger partial charge in [0, 0.05) is 51.5 Å². The van der Waals surface area contributed by atoms with E-state index in [1.54, 1.807) is 9.80 Å². The summed E-state index contributed by atoms with van der Waals surface area (Å²) in [6.45, 7) is 10.7. The molecule has 3 heterocycles. The Balaban J connectivity index is 1.29. The van der Waals surface area contributed by atoms with E-state index < -0.39 is 0 Å². The van der Waals surface area contributed by atoms with Crippen LogP contribution in [0.5, 0.6) is 0 Å². The summed E-state index contributed by atoms with van der Waals surface area (Å²) < 4.78 is 0. The van der Waals surface area contributed by atoms with Gasteiger partial charge in [-0.25, -0.2) is 0 Å². The van der Waals surface area contributed by atoms with E-state index in [-0.39, 0.29) is 23.0 Å². The molecule has 0 spiro atoms. The van der Waals surface area contributed by atoms with Crippen LogP contribution in [0.4, 0.5) is 5.69 Å². The van der Waals surface area contributed by atoms with Gasteiger partial charge in [-0.05, 0) is 103 Å². The van der Waals surface area contributed by atoms with Gasteiger partial charge in [0.05, 0.1) is 0 Å². The lowest BCUT2D eigenvalue weighted by atomic mass is 10.1. The molecule has 43 heavy (non-hydrogen) atoms. The van der Waals surface area contributed by atoms with Crippen molar-refractivity contribution in [2.24, 2.45) is 0 Å². The molecule has 3 N–H and O–H groups in total. The van der Waals surface area contributed by atoms with E-state index in [0.717, 1.165) is 44.7 Å². The average Bonchev–Trinajstić information content (AvgIpc) is 3.64. The number of carbonyl (C=O) groups excluding carboxylic acids is 3. The third kappa shape index (κ3) is 9.61. The van der Waals surface area contributed by atoms with Crippen LogP contribution in [0.25, 0.3) is 0 Å². The topological polar surface area (TPSA) is 100 Å². The van der Waals surface area contributed by atoms with Gasteiger partial charge >= 0.3 is 0 Å². The number of nitrogens with zero attached hydrogens (tertiary/aromatic N) is 4. The molecule has 0 bridgehead atoms. The summed E-state index contributed by atoms with van der Waals surface area (Å²) in [5, 5.41) is 9.80. The average molecular weight is 614 g/mol. The maximum Gasteiger partial charge on any atom is 0.270 e. The molecule has 1 aromatic carbocycles. The predicted molar refractivity (Wildman–Crippen MR) is 175 cm³/mol. The van der Waals surface area contributed by atoms with Crippen LogP contribution < -0.4 is 16.0 Å². The molecule has 3 amide bonds. The van der Waals surface area contributed by atoms with Crippen molar-refractivity contribution in [1.82, 2.24) is 30.2 Å². The van der Waals surface area contributed by atoms with Crippen LogP contribution in [-0.2, 0) is 9.59 Å². The SMILES string of the molecule is CCN1C(=O)[C@@H](CNc2cccc(C(=O)NCCCN3CCCC3)c2)S/C1=C(\C(=O)NCCCN1CCCCC1)N(C)C. The van der Waals surface area contributed by atoms with Gasteiger partial charge in [0.1, 0.15) is 16.0 Å². The van der Waals surface area contributed by atoms with Crippen molar-refractivity contribution < 1.29 is 14.4 Å². The highest BCUT2D eigenvalue weighted by atomic mass is 32.2. The van der Waals surface area contributed by atoms with E-state index in [1.807, 2.05) is 45.3 Å². The molecule has 1 aromatic rings. The minimum absolute atomic E-state index is 0.0147. The van der Waals surface area contributed by atoms with Crippen molar-refractivity contribution in [2.75, 3.05) is 84.9 Å². The predicted octanol–water partition coefficient (Wildman–Crippen LogP) is 3.00. The lowest BCUT2D eigenvalue weighted by molar-refractivity contribution is -0.127. The Kier molecular flexibility index (Phi) is 13.0. The lowest BCUT2D eigenvalue weighted by Crippen LogP contribution is -2.38. The fourth-order valence-electron chi connectivity index (χ4n) is 5.99. The summed E-state index contributed by atoms with van der Waals surface area (Å²) in [6.07, 6.45) is 8.24. The zero-order valence-corrected chi connectivity index (χ0v) is 27.1. The van der Waals surface area contributed by atoms with Crippen LogP contribution in [0, 0.1) is 0 Å². The Morgan fingerprint density at radius 1 is 0.930 bits per heavy atom. The van der Waals surface area contributed by atoms with Crippen molar-refractivity contribution in [3.63, 3.8) is 0 Å². The van der Waals surface area contributed by atoms with Crippen molar-refractivity contribution in [3.8, 4) is 0 Å². The zero-order valence-electron chi connectivity index (χ0n) is 26.3. The van der Waals surface area contributed by atoms with Crippen LogP contribution >= 0.6 is 11.8 Å². The number of likely N-dealkylation sites (tertiary alicyclic amines) is 2. The largest absolute Gasteiger partial charge is 0.383 e. The molecule has 3 saturated heterocycles. The summed E-state index contributed by atoms with van der Waals surface area (Å²) in [6, 6.07) is 7.40. The minimum Gasteiger partial charge on any atom is -0.383 e. The van der Waals surface area contributed by atoms with Crippen molar-refractivity contribution in [2.45, 2.75) is 57.1 Å². The fraction of sp³-hybridized carbons (Fsp3) is 0.656. The van der Waals surface area contributed by atoms with Gasteiger partial charge in [0.2, 0.25) is 5.91 Å². The molecule has 4 rings (SSSR count). The molecular weight excluding hydrogens is 562 g/mol. The number of piperidine rings is 1. The molecule has 0 aliphatic carbocycles. The van der Waals surface area contributed by atoms with E-state index in [4.69, 9.17) is 0 Å². The lowest BCUT2D eigenvalue weighted by Gasteiger charge is -2.26. The minimum atomic E-state index is -0.375. The number of benzene rings is 1. The fourth-order valence-corrected chi connectivity index (χ4v) is 7.39. The molecule has 238 valence electrons. The number of amides is 3. The van der Waals surface area contributed by atoms with Crippen molar-refractivity contribution in [3.05, 3.63) is 40.6 Å². The summed E-state index contributed by atoms with van der Waals surface area (Å²) in [5.41, 5.74) is 1.90. The summed E-state index contributed by atoms with van der Waals surface area (Å²) in [5.74, 6) is -0.249. The Morgan fingerprint density at radius 2 is 1.56 bits per heavy atom. The van der Waals surface area contributed by atoms with E-state index >= 15 is 0 Å². The first kappa shape index (κ1) is 33.1. The number of rotatable bonds is 15. The molecule has 0 aromatic heterocycles. The van der Waals surface area contributed by atoms with E-state index in [2.05, 4.69) is 25.8 Å². The van der Waals surface area contributed by atoms with Crippen LogP contribution in [0.2, 0.25) is 0 Å². The van der Waals surface area contributed by atoms with Crippen LogP contribution in [0.3, 0.4) is 0 Å². The van der Waals surface area contributed by atoms with Crippen molar-refractivity contribution in [1.29, 1.82) is 0 Å². The van der Waals surface area contributed by atoms with Gasteiger partial charge in [0.15, 0.2) is 0 Å². The van der Waals surface area contributed by atoms with Gasteiger partial charge < -0.3 is 35.6 Å². The number of likely N-dealkylation sites (N-methyl/N-ethyl adjacent to an activating group) is 1. The summed E-state index contributed by atoms with van der Waals surface area (Å²) in [4.78, 5) is 47.9. The monoisotopic (exact) mass is 613 g/mol. The first-order valence-corrected chi connectivity index (χ1v) is 17.0. The molecular formula is C32H51N7O3S. The summed E-state index contributed by atoms with van der Waals surface area (Å²) >= 11 is 1.43. The second-order valence-electron chi connectivity index (χ2n) is 11.9. The van der Waals surface area contributed by atoms with Gasteiger partial charge in [-0.2, -0.15) is 0 Å². The van der Waals surface area contributed by atoms with Gasteiger partial charge in [-0.1, -0.05) is 24.2 Å². The molecule has 11 heteroatoms. The van der Waals surface area contributed by atoms with E-state index in [0.29, 0.717) is 42.5 Å². The standard InChI is InChI=1S/C32H51N7O3S/c1-4-39-31(42)27(43-32(39)28(36(2)3)30(41)34-16-12-22-37-17-6-5-7-18-37)24-35-26-14-10-13-25(23-26)29(40)33-15-11-21-38-19-8-9-20-38/h10,13-14,23,27,35H,4-9,11-12,15-22,24H2,1-3H3,(H,33,40)(H,34,41)/b32-28+/t27-/m1/s1. The molecule has 10 nitrogen and oxygen atoms in total. The molecule has 0 unspecified atom stereocenters. The quantitative estimate of drug-likeness (QED) is 0.205. The smallest absolute Gasteiger partial charge is 0.270 e. The number of anilines is 1. The zero-order chi connectivity index (χ0) is 30.6. The number of nitrogens with one attached hydrogen (secondary N) is 3. The second kappa shape index (κ2) is 16.9. The highest BCUT2D eigenvalue weighted by Crippen LogP contribution is 2.38. The third-order valence-corrected chi connectivity index (χ3v) is 9.65. The molecule has 1 atom stereocenters. The highest BCUT2D eigenvalue weighted by Gasteiger charge is 2.39. The Bertz CT molecular complexity index is 1120. The van der Waals surface area contributed by atoms with Crippen LogP contribution in [-0.4, -0.2) is 122 Å². The molecule has 0 radical (unpaired) electrons. The van der Waals surface area contributed by atoms with Crippen molar-refractivity contribution >= 4 is 35.2 Å². The third-order valence-electron chi connectivity index (χ3n) is 8.36. The van der Waals surface area contributed by atoms with Crippen LogP contribution in [0.1, 0.15) is 62.2 Å². The number of hydrogen-bond donors (Lipinski definition) is 3. The van der Waals surface area contributed by atoms with E-state index in [9.17, 15) is 14.4 Å². The van der Waals surface area contributed by atoms with Gasteiger partial charge in [-0.3, -0.25) is 14.4 Å². The Labute approximate surface area is 262 Å². The van der Waals surface area contributed by atoms with Gasteiger partial charge in [-0.15, -0.1) is 0 Å². The number of hydrogen-bond acceptors (Lipinski definition) is 8. The maximum atomic E-state index is 13.4. The Hall–Kier alpha value is -2.76. The molecule has 3 fully saturated rings. The highest BCUT2D eigenvalue weighted by molar-refractivity contribution is 8.04. The number of carbonyl (C=O) groups is 3. The molecule has 3 aliphatic rings. The Morgan fingerprint density at radius 3 is 2.19 bits per heavy atom. The number of thioether (sulfide) groups is 1.